The summed E-state index contributed by atoms with van der Waals surface area (Å²) < 4.78 is 22.5. The molecule has 1 heterocycles. The van der Waals surface area contributed by atoms with Gasteiger partial charge in [-0.3, -0.25) is 0 Å². The molecule has 0 amide bonds. The topological polar surface area (TPSA) is 84.2 Å². The van der Waals surface area contributed by atoms with E-state index in [2.05, 4.69) is 16.7 Å². The van der Waals surface area contributed by atoms with Gasteiger partial charge >= 0.3 is 0 Å². The van der Waals surface area contributed by atoms with Gasteiger partial charge in [0.05, 0.1) is 4.90 Å². The minimum Gasteiger partial charge on any atom is -0.355 e. The molecule has 2 aromatic rings. The Kier molecular flexibility index (Phi) is 3.67. The lowest BCUT2D eigenvalue weighted by Gasteiger charge is -2.21. The number of hydrogen-bond donors (Lipinski definition) is 3. The highest BCUT2D eigenvalue weighted by Gasteiger charge is 2.13. The molecule has 0 radical (unpaired) electrons. The van der Waals surface area contributed by atoms with E-state index in [9.17, 15) is 8.42 Å². The van der Waals surface area contributed by atoms with Crippen molar-refractivity contribution in [3.63, 3.8) is 0 Å². The SMILES string of the molecule is NS(=O)(=O)c1ccc(Nc2cccc3c2CCNC3)cc1. The normalized spacial score (nSPS) is 14.5. The van der Waals surface area contributed by atoms with Crippen LogP contribution in [-0.4, -0.2) is 15.0 Å². The summed E-state index contributed by atoms with van der Waals surface area (Å²) in [5, 5.41) is 11.8. The molecule has 0 unspecified atom stereocenters. The smallest absolute Gasteiger partial charge is 0.238 e. The lowest BCUT2D eigenvalue weighted by Crippen LogP contribution is -2.24. The number of hydrogen-bond acceptors (Lipinski definition) is 4. The van der Waals surface area contributed by atoms with Gasteiger partial charge in [-0.15, -0.1) is 0 Å². The summed E-state index contributed by atoms with van der Waals surface area (Å²) in [4.78, 5) is 0.118. The maximum Gasteiger partial charge on any atom is 0.238 e. The summed E-state index contributed by atoms with van der Waals surface area (Å²) in [5.41, 5.74) is 4.52. The molecule has 5 nitrogen and oxygen atoms in total. The zero-order valence-corrected chi connectivity index (χ0v) is 12.3. The first kappa shape index (κ1) is 14.1. The highest BCUT2D eigenvalue weighted by atomic mass is 32.2. The van der Waals surface area contributed by atoms with Crippen molar-refractivity contribution in [1.29, 1.82) is 0 Å². The van der Waals surface area contributed by atoms with Crippen LogP contribution in [0.1, 0.15) is 11.1 Å². The van der Waals surface area contributed by atoms with Crippen LogP contribution >= 0.6 is 0 Å². The maximum absolute atomic E-state index is 11.2. The number of benzene rings is 2. The second-order valence-corrected chi connectivity index (χ2v) is 6.63. The van der Waals surface area contributed by atoms with E-state index in [1.165, 1.54) is 23.3 Å². The molecule has 4 N–H and O–H groups in total. The van der Waals surface area contributed by atoms with Crippen LogP contribution in [-0.2, 0) is 23.0 Å². The highest BCUT2D eigenvalue weighted by molar-refractivity contribution is 7.89. The van der Waals surface area contributed by atoms with E-state index in [4.69, 9.17) is 5.14 Å². The molecule has 0 atom stereocenters. The summed E-state index contributed by atoms with van der Waals surface area (Å²) in [7, 11) is -3.64. The third-order valence-electron chi connectivity index (χ3n) is 3.60. The van der Waals surface area contributed by atoms with Crippen LogP contribution in [0.15, 0.2) is 47.4 Å². The minimum atomic E-state index is -3.64. The van der Waals surface area contributed by atoms with E-state index in [1.807, 2.05) is 12.1 Å². The summed E-state index contributed by atoms with van der Waals surface area (Å²) in [6.07, 6.45) is 0.980. The zero-order chi connectivity index (χ0) is 14.9. The molecule has 0 saturated carbocycles. The Labute approximate surface area is 124 Å². The van der Waals surface area contributed by atoms with Crippen molar-refractivity contribution in [1.82, 2.24) is 5.32 Å². The lowest BCUT2D eigenvalue weighted by molar-refractivity contribution is 0.598. The molecular formula is C15H17N3O2S. The summed E-state index contributed by atoms with van der Waals surface area (Å²) >= 11 is 0. The van der Waals surface area contributed by atoms with Crippen LogP contribution in [0.4, 0.5) is 11.4 Å². The number of primary sulfonamides is 1. The van der Waals surface area contributed by atoms with Gasteiger partial charge in [0, 0.05) is 17.9 Å². The molecule has 0 spiro atoms. The van der Waals surface area contributed by atoms with Gasteiger partial charge in [0.2, 0.25) is 10.0 Å². The Morgan fingerprint density at radius 3 is 2.57 bits per heavy atom. The predicted octanol–water partition coefficient (Wildman–Crippen LogP) is 1.72. The first-order valence-corrected chi connectivity index (χ1v) is 8.30. The van der Waals surface area contributed by atoms with E-state index >= 15 is 0 Å². The molecule has 0 bridgehead atoms. The van der Waals surface area contributed by atoms with Gasteiger partial charge in [-0.1, -0.05) is 12.1 Å². The number of fused-ring (bicyclic) bond motifs is 1. The minimum absolute atomic E-state index is 0.118. The average Bonchev–Trinajstić information content (AvgIpc) is 2.47. The van der Waals surface area contributed by atoms with Gasteiger partial charge in [-0.25, -0.2) is 13.6 Å². The van der Waals surface area contributed by atoms with Crippen molar-refractivity contribution in [3.05, 3.63) is 53.6 Å². The average molecular weight is 303 g/mol. The first-order chi connectivity index (χ1) is 10.0. The molecule has 6 heteroatoms. The Morgan fingerprint density at radius 2 is 1.86 bits per heavy atom. The molecule has 0 fully saturated rings. The number of nitrogens with two attached hydrogens (primary N) is 1. The van der Waals surface area contributed by atoms with E-state index < -0.39 is 10.0 Å². The Hall–Kier alpha value is -1.89. The third kappa shape index (κ3) is 3.07. The fourth-order valence-corrected chi connectivity index (χ4v) is 3.05. The Morgan fingerprint density at radius 1 is 1.10 bits per heavy atom. The van der Waals surface area contributed by atoms with Gasteiger partial charge in [0.15, 0.2) is 0 Å². The number of anilines is 2. The Balaban J connectivity index is 1.87. The lowest BCUT2D eigenvalue weighted by atomic mass is 9.99. The first-order valence-electron chi connectivity index (χ1n) is 6.75. The van der Waals surface area contributed by atoms with Gasteiger partial charge in [-0.05, 0) is 54.4 Å². The molecule has 0 saturated heterocycles. The van der Waals surface area contributed by atoms with Crippen LogP contribution in [0.25, 0.3) is 0 Å². The van der Waals surface area contributed by atoms with E-state index in [0.29, 0.717) is 0 Å². The van der Waals surface area contributed by atoms with E-state index in [1.54, 1.807) is 12.1 Å². The molecule has 1 aliphatic heterocycles. The van der Waals surface area contributed by atoms with Crippen LogP contribution in [0.5, 0.6) is 0 Å². The number of nitrogens with one attached hydrogen (secondary N) is 2. The predicted molar refractivity (Wildman–Crippen MR) is 83.0 cm³/mol. The van der Waals surface area contributed by atoms with E-state index in [-0.39, 0.29) is 4.90 Å². The molecule has 3 rings (SSSR count). The standard InChI is InChI=1S/C15H17N3O2S/c16-21(19,20)13-6-4-12(5-7-13)18-15-3-1-2-11-10-17-9-8-14(11)15/h1-7,17-18H,8-10H2,(H2,16,19,20). The van der Waals surface area contributed by atoms with Crippen LogP contribution in [0.3, 0.4) is 0 Å². The zero-order valence-electron chi connectivity index (χ0n) is 11.5. The van der Waals surface area contributed by atoms with Crippen molar-refractivity contribution < 1.29 is 8.42 Å². The molecular weight excluding hydrogens is 286 g/mol. The largest absolute Gasteiger partial charge is 0.355 e. The van der Waals surface area contributed by atoms with Crippen molar-refractivity contribution in [2.24, 2.45) is 5.14 Å². The molecule has 0 aromatic heterocycles. The van der Waals surface area contributed by atoms with Crippen molar-refractivity contribution in [3.8, 4) is 0 Å². The van der Waals surface area contributed by atoms with Crippen molar-refractivity contribution >= 4 is 21.4 Å². The van der Waals surface area contributed by atoms with Crippen LogP contribution in [0.2, 0.25) is 0 Å². The maximum atomic E-state index is 11.2. The van der Waals surface area contributed by atoms with Gasteiger partial charge in [0.25, 0.3) is 0 Å². The second-order valence-electron chi connectivity index (χ2n) is 5.06. The molecule has 2 aromatic carbocycles. The molecule has 0 aliphatic carbocycles. The van der Waals surface area contributed by atoms with Crippen molar-refractivity contribution in [2.45, 2.75) is 17.9 Å². The summed E-state index contributed by atoms with van der Waals surface area (Å²) in [6.45, 7) is 1.85. The summed E-state index contributed by atoms with van der Waals surface area (Å²) in [5.74, 6) is 0. The molecule has 110 valence electrons. The fourth-order valence-electron chi connectivity index (χ4n) is 2.53. The number of rotatable bonds is 3. The van der Waals surface area contributed by atoms with Gasteiger partial charge in [0.1, 0.15) is 0 Å². The summed E-state index contributed by atoms with van der Waals surface area (Å²) in [6, 6.07) is 12.6. The highest BCUT2D eigenvalue weighted by Crippen LogP contribution is 2.26. The van der Waals surface area contributed by atoms with E-state index in [0.717, 1.165) is 30.9 Å². The Bertz CT molecular complexity index is 755. The van der Waals surface area contributed by atoms with Crippen LogP contribution < -0.4 is 15.8 Å². The monoisotopic (exact) mass is 303 g/mol. The van der Waals surface area contributed by atoms with Gasteiger partial charge < -0.3 is 10.6 Å². The molecule has 1 aliphatic rings. The fraction of sp³-hybridized carbons (Fsp3) is 0.200. The quantitative estimate of drug-likeness (QED) is 0.806. The third-order valence-corrected chi connectivity index (χ3v) is 4.53. The number of sulfonamides is 1. The molecule has 21 heavy (non-hydrogen) atoms. The van der Waals surface area contributed by atoms with Crippen LogP contribution in [0, 0.1) is 0 Å². The van der Waals surface area contributed by atoms with Gasteiger partial charge in [-0.2, -0.15) is 0 Å². The van der Waals surface area contributed by atoms with Crippen molar-refractivity contribution in [2.75, 3.05) is 11.9 Å². The second kappa shape index (κ2) is 5.48.